The molecule has 4 atom stereocenters. The van der Waals surface area contributed by atoms with Crippen LogP contribution >= 0.6 is 31.9 Å². The Morgan fingerprint density at radius 3 is 1.68 bits per heavy atom. The maximum atomic E-state index is 12.9. The summed E-state index contributed by atoms with van der Waals surface area (Å²) in [6, 6.07) is 0. The van der Waals surface area contributed by atoms with Gasteiger partial charge in [0.1, 0.15) is 0 Å². The zero-order chi connectivity index (χ0) is 26.2. The number of rotatable bonds is 4. The van der Waals surface area contributed by atoms with Gasteiger partial charge in [-0.1, -0.05) is 0 Å². The monoisotopic (exact) mass is 609 g/mol. The fraction of sp³-hybridized carbons (Fsp3) is 0.773. The molecule has 1 aliphatic heterocycles. The molecule has 1 fully saturated rings. The zero-order valence-electron chi connectivity index (χ0n) is 21.0. The molecule has 1 aromatic heterocycles. The van der Waals surface area contributed by atoms with Crippen LogP contribution in [0.25, 0.3) is 0 Å². The highest BCUT2D eigenvalue weighted by molar-refractivity contribution is 9.11. The molecule has 0 saturated carbocycles. The van der Waals surface area contributed by atoms with Gasteiger partial charge in [-0.3, -0.25) is 14.4 Å². The number of carbonyl (C=O) groups excluding carboxylic acids is 3. The van der Waals surface area contributed by atoms with E-state index in [4.69, 9.17) is 18.9 Å². The van der Waals surface area contributed by atoms with Crippen LogP contribution in [0.1, 0.15) is 68.5 Å². The molecule has 0 amide bonds. The summed E-state index contributed by atoms with van der Waals surface area (Å²) in [5.41, 5.74) is -2.53. The van der Waals surface area contributed by atoms with Crippen molar-refractivity contribution in [2.45, 2.75) is 86.9 Å². The maximum absolute atomic E-state index is 12.9. The van der Waals surface area contributed by atoms with Crippen molar-refractivity contribution < 1.29 is 33.3 Å². The van der Waals surface area contributed by atoms with Gasteiger partial charge in [-0.15, -0.1) is 5.10 Å². The molecular formula is C22H33Br2N3O7. The third-order valence-corrected chi connectivity index (χ3v) is 5.67. The van der Waals surface area contributed by atoms with E-state index < -0.39 is 58.7 Å². The smallest absolute Gasteiger partial charge is 0.311 e. The van der Waals surface area contributed by atoms with E-state index in [2.05, 4.69) is 41.9 Å². The predicted octanol–water partition coefficient (Wildman–Crippen LogP) is 4.21. The van der Waals surface area contributed by atoms with Crippen molar-refractivity contribution in [3.63, 3.8) is 0 Å². The molecular weight excluding hydrogens is 578 g/mol. The lowest BCUT2D eigenvalue weighted by atomic mass is 9.94. The van der Waals surface area contributed by atoms with Crippen LogP contribution in [0.2, 0.25) is 0 Å². The van der Waals surface area contributed by atoms with Gasteiger partial charge in [-0.05, 0) is 94.2 Å². The second kappa shape index (κ2) is 10.2. The fourth-order valence-electron chi connectivity index (χ4n) is 2.69. The molecule has 0 aliphatic carbocycles. The molecule has 1 aromatic rings. The number of nitrogens with zero attached hydrogens (tertiary/aromatic N) is 3. The van der Waals surface area contributed by atoms with Gasteiger partial charge in [0.15, 0.2) is 29.3 Å². The topological polar surface area (TPSA) is 119 Å². The minimum absolute atomic E-state index is 0.123. The van der Waals surface area contributed by atoms with Crippen molar-refractivity contribution in [3.05, 3.63) is 9.47 Å². The van der Waals surface area contributed by atoms with Gasteiger partial charge in [0.05, 0.1) is 22.9 Å². The fourth-order valence-corrected chi connectivity index (χ4v) is 3.72. The van der Waals surface area contributed by atoms with Crippen LogP contribution in [0.3, 0.4) is 0 Å². The highest BCUT2D eigenvalue weighted by Gasteiger charge is 2.51. The molecule has 0 unspecified atom stereocenters. The highest BCUT2D eigenvalue weighted by atomic mass is 79.9. The normalized spacial score (nSPS) is 23.9. The van der Waals surface area contributed by atoms with E-state index in [1.54, 1.807) is 62.3 Å². The average molecular weight is 611 g/mol. The van der Waals surface area contributed by atoms with E-state index in [1.165, 1.54) is 4.68 Å². The number of ether oxygens (including phenoxy) is 4. The summed E-state index contributed by atoms with van der Waals surface area (Å²) in [6.07, 6.45) is -4.37. The van der Waals surface area contributed by atoms with E-state index in [1.807, 2.05) is 0 Å². The van der Waals surface area contributed by atoms with Gasteiger partial charge in [0.25, 0.3) is 0 Å². The van der Waals surface area contributed by atoms with Crippen LogP contribution < -0.4 is 0 Å². The van der Waals surface area contributed by atoms with Gasteiger partial charge >= 0.3 is 17.9 Å². The SMILES string of the molecule is CC(C)(C)C(=O)O[C@@H]1[C@@H](OC(=O)C(C)(C)C)[C@H](OC(=O)C(C)(C)C)CO[C@H]1n1nc(Br)nc1Br. The van der Waals surface area contributed by atoms with Gasteiger partial charge in [-0.2, -0.15) is 4.98 Å². The third kappa shape index (κ3) is 7.00. The Hall–Kier alpha value is -1.53. The van der Waals surface area contributed by atoms with Crippen LogP contribution in [0.5, 0.6) is 0 Å². The van der Waals surface area contributed by atoms with Crippen molar-refractivity contribution in [2.75, 3.05) is 6.61 Å². The second-order valence-electron chi connectivity index (χ2n) is 11.3. The summed E-state index contributed by atoms with van der Waals surface area (Å²) in [4.78, 5) is 42.7. The first-order valence-corrected chi connectivity index (χ1v) is 12.4. The van der Waals surface area contributed by atoms with Crippen molar-refractivity contribution in [3.8, 4) is 0 Å². The van der Waals surface area contributed by atoms with Crippen LogP contribution in [0.4, 0.5) is 0 Å². The highest BCUT2D eigenvalue weighted by Crippen LogP contribution is 2.35. The Morgan fingerprint density at radius 1 is 0.824 bits per heavy atom. The Kier molecular flexibility index (Phi) is 8.63. The summed E-state index contributed by atoms with van der Waals surface area (Å²) in [6.45, 7) is 15.2. The van der Waals surface area contributed by atoms with Crippen LogP contribution in [-0.4, -0.2) is 57.6 Å². The standard InChI is InChI=1S/C22H33Br2N3O7/c1-20(2,3)15(28)32-11-10-31-14(27-19(24)25-18(23)26-27)13(34-17(30)22(7,8)9)12(11)33-16(29)21(4,5)6/h11-14H,10H2,1-9H3/t11-,12+,13-,14-/m1/s1. The van der Waals surface area contributed by atoms with Crippen molar-refractivity contribution >= 4 is 49.8 Å². The molecule has 10 nitrogen and oxygen atoms in total. The lowest BCUT2D eigenvalue weighted by molar-refractivity contribution is -0.250. The van der Waals surface area contributed by atoms with Gasteiger partial charge in [0, 0.05) is 0 Å². The first-order chi connectivity index (χ1) is 15.3. The predicted molar refractivity (Wildman–Crippen MR) is 128 cm³/mol. The number of hydrogen-bond acceptors (Lipinski definition) is 9. The minimum atomic E-state index is -1.19. The van der Waals surface area contributed by atoms with E-state index in [-0.39, 0.29) is 11.3 Å². The van der Waals surface area contributed by atoms with E-state index in [0.717, 1.165) is 0 Å². The van der Waals surface area contributed by atoms with E-state index >= 15 is 0 Å². The molecule has 192 valence electrons. The van der Waals surface area contributed by atoms with E-state index in [0.29, 0.717) is 4.73 Å². The number of esters is 3. The molecule has 1 saturated heterocycles. The summed E-state index contributed by atoms with van der Waals surface area (Å²) >= 11 is 6.52. The zero-order valence-corrected chi connectivity index (χ0v) is 24.1. The Morgan fingerprint density at radius 2 is 1.26 bits per heavy atom. The van der Waals surface area contributed by atoms with Crippen LogP contribution in [0, 0.1) is 16.2 Å². The third-order valence-electron chi connectivity index (χ3n) is 4.79. The van der Waals surface area contributed by atoms with Gasteiger partial charge in [0.2, 0.25) is 4.73 Å². The Bertz CT molecular complexity index is 928. The number of hydrogen-bond donors (Lipinski definition) is 0. The number of halogens is 2. The molecule has 12 heteroatoms. The minimum Gasteiger partial charge on any atom is -0.455 e. The molecule has 2 rings (SSSR count). The maximum Gasteiger partial charge on any atom is 0.311 e. The molecule has 0 aromatic carbocycles. The van der Waals surface area contributed by atoms with Crippen molar-refractivity contribution in [1.29, 1.82) is 0 Å². The van der Waals surface area contributed by atoms with Gasteiger partial charge < -0.3 is 18.9 Å². The van der Waals surface area contributed by atoms with Gasteiger partial charge in [-0.25, -0.2) is 4.68 Å². The molecule has 2 heterocycles. The first-order valence-electron chi connectivity index (χ1n) is 10.8. The summed E-state index contributed by atoms with van der Waals surface area (Å²) in [7, 11) is 0. The number of carbonyl (C=O) groups is 3. The summed E-state index contributed by atoms with van der Waals surface area (Å²) < 4.78 is 25.3. The lowest BCUT2D eigenvalue weighted by Gasteiger charge is -2.42. The summed E-state index contributed by atoms with van der Waals surface area (Å²) in [5, 5.41) is 4.25. The second-order valence-corrected chi connectivity index (χ2v) is 12.7. The Balaban J connectivity index is 2.55. The quantitative estimate of drug-likeness (QED) is 0.365. The molecule has 0 N–H and O–H groups in total. The molecule has 0 radical (unpaired) electrons. The Labute approximate surface area is 216 Å². The van der Waals surface area contributed by atoms with Crippen LogP contribution in [-0.2, 0) is 33.3 Å². The average Bonchev–Trinajstić information content (AvgIpc) is 2.99. The van der Waals surface area contributed by atoms with Crippen LogP contribution in [0.15, 0.2) is 9.47 Å². The van der Waals surface area contributed by atoms with Crippen molar-refractivity contribution in [1.82, 2.24) is 14.8 Å². The molecule has 34 heavy (non-hydrogen) atoms. The first kappa shape index (κ1) is 28.7. The number of aromatic nitrogens is 3. The molecule has 0 spiro atoms. The largest absolute Gasteiger partial charge is 0.455 e. The molecule has 1 aliphatic rings. The summed E-state index contributed by atoms with van der Waals surface area (Å²) in [5.74, 6) is -1.62. The lowest BCUT2D eigenvalue weighted by Crippen LogP contribution is -2.57. The van der Waals surface area contributed by atoms with E-state index in [9.17, 15) is 14.4 Å². The van der Waals surface area contributed by atoms with Crippen molar-refractivity contribution in [2.24, 2.45) is 16.2 Å². The molecule has 0 bridgehead atoms.